The molecule has 1 amide bonds. The van der Waals surface area contributed by atoms with Crippen LogP contribution >= 0.6 is 0 Å². The van der Waals surface area contributed by atoms with Gasteiger partial charge in [0.1, 0.15) is 11.9 Å². The molecule has 0 unspecified atom stereocenters. The molecule has 2 aromatic carbocycles. The second-order valence-electron chi connectivity index (χ2n) is 6.56. The van der Waals surface area contributed by atoms with Crippen molar-refractivity contribution in [3.05, 3.63) is 53.8 Å². The summed E-state index contributed by atoms with van der Waals surface area (Å²) in [5, 5.41) is 2.80. The van der Waals surface area contributed by atoms with Gasteiger partial charge in [-0.2, -0.15) is 0 Å². The Bertz CT molecular complexity index is 963. The minimum atomic E-state index is -3.78. The molecule has 0 aliphatic heterocycles. The van der Waals surface area contributed by atoms with E-state index in [1.54, 1.807) is 25.1 Å². The van der Waals surface area contributed by atoms with E-state index in [1.165, 1.54) is 33.3 Å². The molecule has 0 aliphatic rings. The molecule has 0 bridgehead atoms. The van der Waals surface area contributed by atoms with Crippen molar-refractivity contribution in [2.75, 3.05) is 24.8 Å². The van der Waals surface area contributed by atoms with Gasteiger partial charge >= 0.3 is 0 Å². The predicted molar refractivity (Wildman–Crippen MR) is 109 cm³/mol. The predicted octanol–water partition coefficient (Wildman–Crippen LogP) is 2.87. The van der Waals surface area contributed by atoms with Gasteiger partial charge in [-0.25, -0.2) is 12.8 Å². The lowest BCUT2D eigenvalue weighted by Gasteiger charge is -2.29. The topological polar surface area (TPSA) is 84.9 Å². The van der Waals surface area contributed by atoms with Crippen molar-refractivity contribution < 1.29 is 27.1 Å². The quantitative estimate of drug-likeness (QED) is 0.704. The van der Waals surface area contributed by atoms with Crippen LogP contribution < -0.4 is 19.1 Å². The Hall–Kier alpha value is -2.81. The molecule has 0 aliphatic carbocycles. The number of carbonyl (C=O) groups is 1. The number of nitrogens with zero attached hydrogens (tertiary/aromatic N) is 1. The number of anilines is 1. The van der Waals surface area contributed by atoms with Crippen LogP contribution in [-0.2, 0) is 14.8 Å². The van der Waals surface area contributed by atoms with Gasteiger partial charge in [-0.1, -0.05) is 6.07 Å². The second-order valence-corrected chi connectivity index (χ2v) is 8.42. The van der Waals surface area contributed by atoms with Gasteiger partial charge in [0.25, 0.3) is 0 Å². The number of rotatable bonds is 8. The van der Waals surface area contributed by atoms with Crippen molar-refractivity contribution in [3.63, 3.8) is 0 Å². The smallest absolute Gasteiger partial charge is 0.244 e. The van der Waals surface area contributed by atoms with E-state index in [2.05, 4.69) is 5.32 Å². The molecule has 0 aromatic heterocycles. The first-order valence-electron chi connectivity index (χ1n) is 8.85. The van der Waals surface area contributed by atoms with Gasteiger partial charge in [0.15, 0.2) is 11.5 Å². The average Bonchev–Trinajstić information content (AvgIpc) is 2.67. The van der Waals surface area contributed by atoms with Crippen LogP contribution in [-0.4, -0.2) is 40.8 Å². The monoisotopic (exact) mass is 424 g/mol. The highest BCUT2D eigenvalue weighted by molar-refractivity contribution is 7.92. The third kappa shape index (κ3) is 5.38. The SMILES string of the molecule is COc1ccc([C@@H](C)NC(=O)[C@@H](C)N(c2ccc(F)cc2)S(C)(=O)=O)cc1OC. The van der Waals surface area contributed by atoms with Gasteiger partial charge in [0, 0.05) is 0 Å². The molecule has 158 valence electrons. The Labute approximate surface area is 170 Å². The van der Waals surface area contributed by atoms with Crippen LogP contribution in [0.15, 0.2) is 42.5 Å². The number of nitrogens with one attached hydrogen (secondary N) is 1. The molecule has 0 radical (unpaired) electrons. The van der Waals surface area contributed by atoms with Gasteiger partial charge in [-0.3, -0.25) is 9.10 Å². The van der Waals surface area contributed by atoms with Crippen LogP contribution in [0.4, 0.5) is 10.1 Å². The van der Waals surface area contributed by atoms with Crippen molar-refractivity contribution in [2.45, 2.75) is 25.9 Å². The first-order valence-corrected chi connectivity index (χ1v) is 10.7. The van der Waals surface area contributed by atoms with E-state index in [9.17, 15) is 17.6 Å². The van der Waals surface area contributed by atoms with Crippen LogP contribution in [0, 0.1) is 5.82 Å². The number of carbonyl (C=O) groups excluding carboxylic acids is 1. The lowest BCUT2D eigenvalue weighted by Crippen LogP contribution is -2.48. The minimum Gasteiger partial charge on any atom is -0.493 e. The summed E-state index contributed by atoms with van der Waals surface area (Å²) in [6.45, 7) is 3.25. The first-order chi connectivity index (χ1) is 13.6. The van der Waals surface area contributed by atoms with Crippen LogP contribution in [0.3, 0.4) is 0 Å². The molecule has 2 rings (SSSR count). The molecule has 2 atom stereocenters. The molecule has 0 fully saturated rings. The van der Waals surface area contributed by atoms with Gasteiger partial charge in [-0.15, -0.1) is 0 Å². The number of methoxy groups -OCH3 is 2. The maximum atomic E-state index is 13.2. The summed E-state index contributed by atoms with van der Waals surface area (Å²) < 4.78 is 49.2. The van der Waals surface area contributed by atoms with Crippen LogP contribution in [0.5, 0.6) is 11.5 Å². The molecule has 2 aromatic rings. The Kier molecular flexibility index (Phi) is 7.07. The maximum absolute atomic E-state index is 13.2. The summed E-state index contributed by atoms with van der Waals surface area (Å²) >= 11 is 0. The molecule has 0 heterocycles. The minimum absolute atomic E-state index is 0.204. The fourth-order valence-corrected chi connectivity index (χ4v) is 4.11. The highest BCUT2D eigenvalue weighted by Crippen LogP contribution is 2.30. The summed E-state index contributed by atoms with van der Waals surface area (Å²) in [5.41, 5.74) is 0.964. The fraction of sp³-hybridized carbons (Fsp3) is 0.350. The summed E-state index contributed by atoms with van der Waals surface area (Å²) in [6, 6.07) is 8.71. The van der Waals surface area contributed by atoms with Gasteiger partial charge in [0.2, 0.25) is 15.9 Å². The second kappa shape index (κ2) is 9.13. The number of ether oxygens (including phenoxy) is 2. The Morgan fingerprint density at radius 3 is 2.14 bits per heavy atom. The third-order valence-corrected chi connectivity index (χ3v) is 5.68. The number of amides is 1. The summed E-state index contributed by atoms with van der Waals surface area (Å²) in [5.74, 6) is 0.0781. The Balaban J connectivity index is 2.24. The highest BCUT2D eigenvalue weighted by atomic mass is 32.2. The van der Waals surface area contributed by atoms with Gasteiger partial charge < -0.3 is 14.8 Å². The van der Waals surface area contributed by atoms with Gasteiger partial charge in [-0.05, 0) is 55.8 Å². The van der Waals surface area contributed by atoms with Crippen molar-refractivity contribution >= 4 is 21.6 Å². The third-order valence-electron chi connectivity index (χ3n) is 4.44. The van der Waals surface area contributed by atoms with Crippen LogP contribution in [0.2, 0.25) is 0 Å². The number of hydrogen-bond acceptors (Lipinski definition) is 5. The molecule has 7 nitrogen and oxygen atoms in total. The molecular weight excluding hydrogens is 399 g/mol. The van der Waals surface area contributed by atoms with Crippen LogP contribution in [0.25, 0.3) is 0 Å². The van der Waals surface area contributed by atoms with Crippen molar-refractivity contribution in [3.8, 4) is 11.5 Å². The zero-order valence-electron chi connectivity index (χ0n) is 17.0. The van der Waals surface area contributed by atoms with Crippen LogP contribution in [0.1, 0.15) is 25.5 Å². The Morgan fingerprint density at radius 2 is 1.62 bits per heavy atom. The molecule has 29 heavy (non-hydrogen) atoms. The molecular formula is C20H25FN2O5S. The molecule has 0 saturated carbocycles. The molecule has 0 saturated heterocycles. The number of benzene rings is 2. The highest BCUT2D eigenvalue weighted by Gasteiger charge is 2.30. The lowest BCUT2D eigenvalue weighted by atomic mass is 10.1. The van der Waals surface area contributed by atoms with Crippen molar-refractivity contribution in [1.29, 1.82) is 0 Å². The molecule has 1 N–H and O–H groups in total. The largest absolute Gasteiger partial charge is 0.493 e. The fourth-order valence-electron chi connectivity index (χ4n) is 2.94. The van der Waals surface area contributed by atoms with E-state index in [-0.39, 0.29) is 5.69 Å². The molecule has 0 spiro atoms. The standard InChI is InChI=1S/C20H25FN2O5S/c1-13(15-6-11-18(27-3)19(12-15)28-4)22-20(24)14(2)23(29(5,25)26)17-9-7-16(21)8-10-17/h6-14H,1-5H3,(H,22,24)/t13-,14-/m1/s1. The zero-order chi connectivity index (χ0) is 21.8. The molecule has 9 heteroatoms. The van der Waals surface area contributed by atoms with Gasteiger partial charge in [0.05, 0.1) is 32.2 Å². The normalized spacial score (nSPS) is 13.3. The summed E-state index contributed by atoms with van der Waals surface area (Å²) in [4.78, 5) is 12.8. The van der Waals surface area contributed by atoms with Crippen molar-refractivity contribution in [2.24, 2.45) is 0 Å². The van der Waals surface area contributed by atoms with Crippen molar-refractivity contribution in [1.82, 2.24) is 5.32 Å². The zero-order valence-corrected chi connectivity index (χ0v) is 17.8. The number of sulfonamides is 1. The maximum Gasteiger partial charge on any atom is 0.244 e. The number of halogens is 1. The first kappa shape index (κ1) is 22.5. The Morgan fingerprint density at radius 1 is 1.03 bits per heavy atom. The number of hydrogen-bond donors (Lipinski definition) is 1. The van der Waals surface area contributed by atoms with E-state index in [0.29, 0.717) is 11.5 Å². The summed E-state index contributed by atoms with van der Waals surface area (Å²) in [6.07, 6.45) is 0.998. The van der Waals surface area contributed by atoms with E-state index < -0.39 is 33.8 Å². The lowest BCUT2D eigenvalue weighted by molar-refractivity contribution is -0.122. The van der Waals surface area contributed by atoms with E-state index >= 15 is 0 Å². The average molecular weight is 424 g/mol. The van der Waals surface area contributed by atoms with E-state index in [0.717, 1.165) is 28.3 Å². The van der Waals surface area contributed by atoms with E-state index in [4.69, 9.17) is 9.47 Å². The van der Waals surface area contributed by atoms with E-state index in [1.807, 2.05) is 0 Å². The summed E-state index contributed by atoms with van der Waals surface area (Å²) in [7, 11) is -0.741.